The van der Waals surface area contributed by atoms with Crippen LogP contribution in [-0.2, 0) is 19.5 Å². The third kappa shape index (κ3) is 3.58. The van der Waals surface area contributed by atoms with Crippen LogP contribution in [0.25, 0.3) is 0 Å². The van der Waals surface area contributed by atoms with E-state index in [-0.39, 0.29) is 0 Å². The smallest absolute Gasteiger partial charge is 0.0767 e. The molecule has 4 nitrogen and oxygen atoms in total. The standard InChI is InChI=1S/C14H25BrN4/c1-4-12-14(15)13(19(5-2)17-12)9-16-8-11-6-7-18(3)10-11/h11,16H,4-10H2,1-3H3. The minimum absolute atomic E-state index is 0.799. The third-order valence-corrected chi connectivity index (χ3v) is 4.82. The Hall–Kier alpha value is -0.390. The number of nitrogens with zero attached hydrogens (tertiary/aromatic N) is 3. The van der Waals surface area contributed by atoms with E-state index >= 15 is 0 Å². The molecule has 0 aliphatic carbocycles. The fraction of sp³-hybridized carbons (Fsp3) is 0.786. The van der Waals surface area contributed by atoms with E-state index in [1.165, 1.54) is 35.4 Å². The third-order valence-electron chi connectivity index (χ3n) is 3.91. The van der Waals surface area contributed by atoms with Gasteiger partial charge in [-0.2, -0.15) is 5.10 Å². The molecule has 1 saturated heterocycles. The van der Waals surface area contributed by atoms with Gasteiger partial charge in [0.1, 0.15) is 0 Å². The molecule has 0 saturated carbocycles. The molecule has 1 aliphatic rings. The number of halogens is 1. The van der Waals surface area contributed by atoms with Gasteiger partial charge < -0.3 is 10.2 Å². The first-order valence-electron chi connectivity index (χ1n) is 7.29. The van der Waals surface area contributed by atoms with Gasteiger partial charge in [0.2, 0.25) is 0 Å². The molecule has 5 heteroatoms. The molecule has 0 amide bonds. The fourth-order valence-corrected chi connectivity index (χ4v) is 3.48. The zero-order valence-electron chi connectivity index (χ0n) is 12.2. The van der Waals surface area contributed by atoms with Crippen LogP contribution in [0.3, 0.4) is 0 Å². The first kappa shape index (κ1) is 15.0. The molecule has 2 rings (SSSR count). The van der Waals surface area contributed by atoms with Crippen molar-refractivity contribution in [2.45, 2.75) is 39.8 Å². The number of aromatic nitrogens is 2. The second-order valence-electron chi connectivity index (χ2n) is 5.42. The molecule has 1 unspecified atom stereocenters. The van der Waals surface area contributed by atoms with Crippen LogP contribution in [0, 0.1) is 5.92 Å². The predicted molar refractivity (Wildman–Crippen MR) is 82.3 cm³/mol. The molecule has 1 fully saturated rings. The summed E-state index contributed by atoms with van der Waals surface area (Å²) in [5.41, 5.74) is 2.45. The molecule has 0 radical (unpaired) electrons. The monoisotopic (exact) mass is 328 g/mol. The summed E-state index contributed by atoms with van der Waals surface area (Å²) in [6.07, 6.45) is 2.30. The highest BCUT2D eigenvalue weighted by Crippen LogP contribution is 2.22. The van der Waals surface area contributed by atoms with Crippen LogP contribution in [0.15, 0.2) is 4.47 Å². The lowest BCUT2D eigenvalue weighted by molar-refractivity contribution is 0.387. The second-order valence-corrected chi connectivity index (χ2v) is 6.22. The van der Waals surface area contributed by atoms with Crippen molar-refractivity contribution in [3.8, 4) is 0 Å². The van der Waals surface area contributed by atoms with E-state index in [9.17, 15) is 0 Å². The number of likely N-dealkylation sites (tertiary alicyclic amines) is 1. The van der Waals surface area contributed by atoms with Crippen LogP contribution in [0.1, 0.15) is 31.7 Å². The summed E-state index contributed by atoms with van der Waals surface area (Å²) in [6.45, 7) is 9.70. The molecule has 0 spiro atoms. The lowest BCUT2D eigenvalue weighted by Gasteiger charge is -2.12. The zero-order valence-corrected chi connectivity index (χ0v) is 13.8. The highest BCUT2D eigenvalue weighted by Gasteiger charge is 2.19. The Balaban J connectivity index is 1.90. The van der Waals surface area contributed by atoms with Gasteiger partial charge in [0.15, 0.2) is 0 Å². The largest absolute Gasteiger partial charge is 0.311 e. The topological polar surface area (TPSA) is 33.1 Å². The van der Waals surface area contributed by atoms with E-state index in [1.807, 2.05) is 0 Å². The molecular formula is C14H25BrN4. The van der Waals surface area contributed by atoms with Crippen molar-refractivity contribution in [3.05, 3.63) is 15.9 Å². The minimum atomic E-state index is 0.799. The first-order chi connectivity index (χ1) is 9.15. The molecule has 0 bridgehead atoms. The van der Waals surface area contributed by atoms with E-state index in [4.69, 9.17) is 0 Å². The SMILES string of the molecule is CCc1nn(CC)c(CNCC2CCN(C)C2)c1Br. The molecule has 1 N–H and O–H groups in total. The quantitative estimate of drug-likeness (QED) is 0.869. The van der Waals surface area contributed by atoms with Crippen LogP contribution in [-0.4, -0.2) is 41.4 Å². The van der Waals surface area contributed by atoms with Gasteiger partial charge in [0.25, 0.3) is 0 Å². The van der Waals surface area contributed by atoms with Gasteiger partial charge in [-0.05, 0) is 61.8 Å². The molecule has 1 aliphatic heterocycles. The lowest BCUT2D eigenvalue weighted by atomic mass is 10.1. The maximum Gasteiger partial charge on any atom is 0.0767 e. The fourth-order valence-electron chi connectivity index (χ4n) is 2.77. The van der Waals surface area contributed by atoms with E-state index in [0.717, 1.165) is 32.0 Å². The van der Waals surface area contributed by atoms with E-state index in [0.29, 0.717) is 0 Å². The molecule has 108 valence electrons. The molecular weight excluding hydrogens is 304 g/mol. The summed E-state index contributed by atoms with van der Waals surface area (Å²) in [6, 6.07) is 0. The second kappa shape index (κ2) is 6.86. The number of aryl methyl sites for hydroxylation is 2. The van der Waals surface area contributed by atoms with Gasteiger partial charge >= 0.3 is 0 Å². The van der Waals surface area contributed by atoms with Crippen molar-refractivity contribution in [1.82, 2.24) is 20.0 Å². The Morgan fingerprint density at radius 1 is 1.42 bits per heavy atom. The molecule has 0 aromatic carbocycles. The Morgan fingerprint density at radius 2 is 2.21 bits per heavy atom. The van der Waals surface area contributed by atoms with Crippen molar-refractivity contribution < 1.29 is 0 Å². The summed E-state index contributed by atoms with van der Waals surface area (Å²) in [4.78, 5) is 2.41. The van der Waals surface area contributed by atoms with Gasteiger partial charge in [-0.15, -0.1) is 0 Å². The van der Waals surface area contributed by atoms with E-state index in [1.54, 1.807) is 0 Å². The summed E-state index contributed by atoms with van der Waals surface area (Å²) in [7, 11) is 2.20. The molecule has 2 heterocycles. The molecule has 1 atom stereocenters. The van der Waals surface area contributed by atoms with Gasteiger partial charge in [0, 0.05) is 19.6 Å². The first-order valence-corrected chi connectivity index (χ1v) is 8.08. The van der Waals surface area contributed by atoms with Gasteiger partial charge in [0.05, 0.1) is 15.9 Å². The van der Waals surface area contributed by atoms with E-state index in [2.05, 4.69) is 56.8 Å². The van der Waals surface area contributed by atoms with Crippen molar-refractivity contribution in [3.63, 3.8) is 0 Å². The summed E-state index contributed by atoms with van der Waals surface area (Å²) in [5, 5.41) is 8.23. The van der Waals surface area contributed by atoms with Crippen molar-refractivity contribution >= 4 is 15.9 Å². The Morgan fingerprint density at radius 3 is 2.79 bits per heavy atom. The highest BCUT2D eigenvalue weighted by atomic mass is 79.9. The number of rotatable bonds is 6. The zero-order chi connectivity index (χ0) is 13.8. The Kier molecular flexibility index (Phi) is 5.42. The van der Waals surface area contributed by atoms with Crippen molar-refractivity contribution in [2.24, 2.45) is 5.92 Å². The summed E-state index contributed by atoms with van der Waals surface area (Å²) in [5.74, 6) is 0.799. The lowest BCUT2D eigenvalue weighted by Crippen LogP contribution is -2.25. The van der Waals surface area contributed by atoms with E-state index < -0.39 is 0 Å². The van der Waals surface area contributed by atoms with Gasteiger partial charge in [-0.3, -0.25) is 4.68 Å². The average molecular weight is 329 g/mol. The Bertz CT molecular complexity index is 416. The molecule has 1 aromatic rings. The van der Waals surface area contributed by atoms with Crippen LogP contribution in [0.2, 0.25) is 0 Å². The number of nitrogens with one attached hydrogen (secondary N) is 1. The molecule has 19 heavy (non-hydrogen) atoms. The predicted octanol–water partition coefficient (Wildman–Crippen LogP) is 2.27. The summed E-state index contributed by atoms with van der Waals surface area (Å²) >= 11 is 3.69. The Labute approximate surface area is 124 Å². The maximum absolute atomic E-state index is 4.63. The van der Waals surface area contributed by atoms with Crippen molar-refractivity contribution in [1.29, 1.82) is 0 Å². The van der Waals surface area contributed by atoms with Crippen LogP contribution < -0.4 is 5.32 Å². The maximum atomic E-state index is 4.63. The minimum Gasteiger partial charge on any atom is -0.311 e. The average Bonchev–Trinajstić information content (AvgIpc) is 2.94. The normalized spacial score (nSPS) is 20.3. The number of hydrogen-bond donors (Lipinski definition) is 1. The van der Waals surface area contributed by atoms with Crippen molar-refractivity contribution in [2.75, 3.05) is 26.7 Å². The van der Waals surface area contributed by atoms with Gasteiger partial charge in [-0.25, -0.2) is 0 Å². The van der Waals surface area contributed by atoms with Crippen LogP contribution >= 0.6 is 15.9 Å². The van der Waals surface area contributed by atoms with Crippen LogP contribution in [0.5, 0.6) is 0 Å². The van der Waals surface area contributed by atoms with Crippen LogP contribution in [0.4, 0.5) is 0 Å². The number of hydrogen-bond acceptors (Lipinski definition) is 3. The summed E-state index contributed by atoms with van der Waals surface area (Å²) < 4.78 is 3.30. The highest BCUT2D eigenvalue weighted by molar-refractivity contribution is 9.10. The molecule has 1 aromatic heterocycles. The van der Waals surface area contributed by atoms with Gasteiger partial charge in [-0.1, -0.05) is 6.92 Å².